The van der Waals surface area contributed by atoms with Gasteiger partial charge in [-0.15, -0.1) is 11.3 Å². The number of piperidine rings is 1. The predicted octanol–water partition coefficient (Wildman–Crippen LogP) is 5.15. The van der Waals surface area contributed by atoms with Gasteiger partial charge in [0.25, 0.3) is 0 Å². The Kier molecular flexibility index (Phi) is 7.53. The molecule has 1 aromatic heterocycles. The molecule has 0 aromatic carbocycles. The molecule has 0 saturated carbocycles. The minimum Gasteiger partial charge on any atom is -0.389 e. The fraction of sp³-hybridized carbons (Fsp3) is 0.700. The van der Waals surface area contributed by atoms with Crippen LogP contribution >= 0.6 is 23.1 Å². The molecule has 3 heterocycles. The molecule has 1 spiro atoms. The van der Waals surface area contributed by atoms with Gasteiger partial charge in [-0.2, -0.15) is 30.0 Å². The predicted molar refractivity (Wildman–Crippen MR) is 115 cm³/mol. The van der Waals surface area contributed by atoms with Crippen molar-refractivity contribution in [3.8, 4) is 0 Å². The topological polar surface area (TPSA) is 60.7 Å². The molecule has 2 atom stereocenters. The van der Waals surface area contributed by atoms with Gasteiger partial charge in [-0.25, -0.2) is 5.53 Å². The highest BCUT2D eigenvalue weighted by atomic mass is 32.2. The maximum atomic E-state index is 13.5. The molecule has 2 N–H and O–H groups in total. The van der Waals surface area contributed by atoms with E-state index < -0.39 is 16.7 Å². The first-order valence-corrected chi connectivity index (χ1v) is 12.3. The molecule has 5 nitrogen and oxygen atoms in total. The second-order valence-corrected chi connectivity index (χ2v) is 9.93. The second kappa shape index (κ2) is 9.58. The fourth-order valence-corrected chi connectivity index (χ4v) is 6.13. The number of thiophene rings is 1. The molecule has 1 unspecified atom stereocenters. The van der Waals surface area contributed by atoms with Crippen LogP contribution in [-0.2, 0) is 22.9 Å². The van der Waals surface area contributed by atoms with Crippen LogP contribution in [0.2, 0.25) is 0 Å². The van der Waals surface area contributed by atoms with Crippen LogP contribution in [0.25, 0.3) is 0 Å². The highest BCUT2D eigenvalue weighted by Crippen LogP contribution is 2.51. The normalized spacial score (nSPS) is 25.4. The van der Waals surface area contributed by atoms with E-state index in [2.05, 4.69) is 22.3 Å². The van der Waals surface area contributed by atoms with Gasteiger partial charge in [0.2, 0.25) is 0 Å². The van der Waals surface area contributed by atoms with Gasteiger partial charge in [0.1, 0.15) is 10.5 Å². The molecule has 0 amide bonds. The van der Waals surface area contributed by atoms with E-state index in [1.165, 1.54) is 0 Å². The summed E-state index contributed by atoms with van der Waals surface area (Å²) >= 11 is 2.62. The van der Waals surface area contributed by atoms with Gasteiger partial charge in [-0.05, 0) is 50.5 Å². The Hall–Kier alpha value is -1.10. The molecule has 30 heavy (non-hydrogen) atoms. The Morgan fingerprint density at radius 3 is 2.90 bits per heavy atom. The smallest absolute Gasteiger partial charge is 0.389 e. The van der Waals surface area contributed by atoms with E-state index in [4.69, 9.17) is 10.3 Å². The summed E-state index contributed by atoms with van der Waals surface area (Å²) in [6, 6.07) is 0.109. The molecule has 1 saturated heterocycles. The standard InChI is InChI=1S/C20H29F3N4OS2/c1-13-10-19(5-7-27(13)12-15(26-24)11-25-6-9-29-3)18-16(4-8-28-19)14(2)17(30-18)20(21,22)23/h11,13,24-25H,4-10,12H2,1-3H3/b15-11-,26-24?/t13-,19?/m0/s1. The number of thioether (sulfide) groups is 1. The Morgan fingerprint density at radius 1 is 1.50 bits per heavy atom. The Labute approximate surface area is 183 Å². The first kappa shape index (κ1) is 23.6. The largest absolute Gasteiger partial charge is 0.425 e. The molecular formula is C20H29F3N4OS2. The maximum Gasteiger partial charge on any atom is 0.425 e. The number of fused-ring (bicyclic) bond motifs is 2. The number of alkyl halides is 3. The Morgan fingerprint density at radius 2 is 2.27 bits per heavy atom. The zero-order chi connectivity index (χ0) is 21.9. The third-order valence-electron chi connectivity index (χ3n) is 5.95. The lowest BCUT2D eigenvalue weighted by Gasteiger charge is -2.47. The third kappa shape index (κ3) is 4.87. The van der Waals surface area contributed by atoms with E-state index in [0.717, 1.165) is 34.1 Å². The van der Waals surface area contributed by atoms with Gasteiger partial charge < -0.3 is 10.1 Å². The van der Waals surface area contributed by atoms with Crippen LogP contribution in [0.15, 0.2) is 17.0 Å². The van der Waals surface area contributed by atoms with Gasteiger partial charge in [-0.1, -0.05) is 0 Å². The van der Waals surface area contributed by atoms with Crippen molar-refractivity contribution in [1.29, 1.82) is 5.53 Å². The highest BCUT2D eigenvalue weighted by molar-refractivity contribution is 7.98. The van der Waals surface area contributed by atoms with Crippen molar-refractivity contribution < 1.29 is 17.9 Å². The van der Waals surface area contributed by atoms with Crippen LogP contribution in [0.3, 0.4) is 0 Å². The Bertz CT molecular complexity index is 796. The van der Waals surface area contributed by atoms with Crippen molar-refractivity contribution in [3.05, 3.63) is 32.8 Å². The van der Waals surface area contributed by atoms with E-state index in [0.29, 0.717) is 50.2 Å². The lowest BCUT2D eigenvalue weighted by atomic mass is 9.81. The van der Waals surface area contributed by atoms with Crippen molar-refractivity contribution >= 4 is 23.1 Å². The van der Waals surface area contributed by atoms with Crippen LogP contribution in [0.1, 0.15) is 40.6 Å². The van der Waals surface area contributed by atoms with Gasteiger partial charge in [-0.3, -0.25) is 4.90 Å². The molecule has 0 aliphatic carbocycles. The number of ether oxygens (including phenoxy) is 1. The van der Waals surface area contributed by atoms with Crippen LogP contribution in [0, 0.1) is 12.5 Å². The average molecular weight is 463 g/mol. The van der Waals surface area contributed by atoms with Gasteiger partial charge >= 0.3 is 6.18 Å². The van der Waals surface area contributed by atoms with E-state index in [9.17, 15) is 13.2 Å². The number of halogens is 3. The summed E-state index contributed by atoms with van der Waals surface area (Å²) in [5, 5.41) is 6.82. The number of rotatable bonds is 7. The van der Waals surface area contributed by atoms with Gasteiger partial charge in [0.15, 0.2) is 0 Å². The fourth-order valence-electron chi connectivity index (χ4n) is 4.40. The summed E-state index contributed by atoms with van der Waals surface area (Å²) in [5.74, 6) is 0.976. The van der Waals surface area contributed by atoms with Crippen molar-refractivity contribution in [2.75, 3.05) is 38.2 Å². The van der Waals surface area contributed by atoms with E-state index >= 15 is 0 Å². The summed E-state index contributed by atoms with van der Waals surface area (Å²) in [5.41, 5.74) is 8.66. The summed E-state index contributed by atoms with van der Waals surface area (Å²) in [4.78, 5) is 2.51. The molecule has 2 aliphatic heterocycles. The molecule has 1 fully saturated rings. The lowest BCUT2D eigenvalue weighted by Crippen LogP contribution is -2.50. The molecule has 1 aromatic rings. The summed E-state index contributed by atoms with van der Waals surface area (Å²) < 4.78 is 46.6. The summed E-state index contributed by atoms with van der Waals surface area (Å²) in [6.07, 6.45) is 1.33. The van der Waals surface area contributed by atoms with E-state index in [1.807, 2.05) is 6.26 Å². The minimum atomic E-state index is -4.32. The van der Waals surface area contributed by atoms with Crippen LogP contribution in [0.4, 0.5) is 13.2 Å². The van der Waals surface area contributed by atoms with E-state index in [1.54, 1.807) is 24.9 Å². The van der Waals surface area contributed by atoms with Crippen molar-refractivity contribution in [1.82, 2.24) is 10.2 Å². The lowest BCUT2D eigenvalue weighted by molar-refractivity contribution is -0.134. The zero-order valence-electron chi connectivity index (χ0n) is 17.6. The molecular weight excluding hydrogens is 433 g/mol. The molecule has 0 bridgehead atoms. The number of hydrogen-bond donors (Lipinski definition) is 2. The van der Waals surface area contributed by atoms with Crippen LogP contribution < -0.4 is 5.32 Å². The monoisotopic (exact) mass is 462 g/mol. The number of hydrogen-bond acceptors (Lipinski definition) is 7. The van der Waals surface area contributed by atoms with E-state index in [-0.39, 0.29) is 6.04 Å². The molecule has 10 heteroatoms. The first-order valence-electron chi connectivity index (χ1n) is 10.1. The number of likely N-dealkylation sites (tertiary alicyclic amines) is 1. The Balaban J connectivity index is 1.75. The third-order valence-corrected chi connectivity index (χ3v) is 8.13. The van der Waals surface area contributed by atoms with Crippen LogP contribution in [0.5, 0.6) is 0 Å². The zero-order valence-corrected chi connectivity index (χ0v) is 19.2. The maximum absolute atomic E-state index is 13.5. The first-order chi connectivity index (χ1) is 14.2. The molecule has 168 valence electrons. The number of nitrogens with zero attached hydrogens (tertiary/aromatic N) is 2. The van der Waals surface area contributed by atoms with Crippen molar-refractivity contribution in [2.45, 2.75) is 50.9 Å². The highest BCUT2D eigenvalue weighted by Gasteiger charge is 2.48. The second-order valence-electron chi connectivity index (χ2n) is 7.92. The van der Waals surface area contributed by atoms with Crippen molar-refractivity contribution in [2.24, 2.45) is 5.11 Å². The SMILES string of the molecule is CSCCN/C=C(/CN1CCC2(C[C@@H]1C)OCCc1c2sc(C(F)(F)F)c1C)N=N. The van der Waals surface area contributed by atoms with Crippen molar-refractivity contribution in [3.63, 3.8) is 0 Å². The molecule has 3 rings (SSSR count). The average Bonchev–Trinajstić information content (AvgIpc) is 3.05. The molecule has 2 aliphatic rings. The number of nitrogens with one attached hydrogen (secondary N) is 2. The minimum absolute atomic E-state index is 0.109. The van der Waals surface area contributed by atoms with Crippen LogP contribution in [-0.4, -0.2) is 49.2 Å². The summed E-state index contributed by atoms with van der Waals surface area (Å²) in [6.45, 7) is 6.17. The quantitative estimate of drug-likeness (QED) is 0.434. The van der Waals surface area contributed by atoms with Gasteiger partial charge in [0.05, 0.1) is 12.3 Å². The molecule has 0 radical (unpaired) electrons. The summed E-state index contributed by atoms with van der Waals surface area (Å²) in [7, 11) is 0. The van der Waals surface area contributed by atoms with Gasteiger partial charge in [0, 0.05) is 42.5 Å².